The molecule has 0 heterocycles. The van der Waals surface area contributed by atoms with E-state index in [0.717, 1.165) is 64.2 Å². The SMILES string of the molecule is CC/C=C\C/C=C\C/C=C\C/C=C\C/C=C\C/C=C\CCCCCCCCCCCCCCCCCCC(=O)NC(CO)C(O)/C=C/CCCCCCCCCCCCCCCCCCCCC. The van der Waals surface area contributed by atoms with Crippen LogP contribution < -0.4 is 5.32 Å². The van der Waals surface area contributed by atoms with Crippen LogP contribution in [0.2, 0.25) is 0 Å². The average molecular weight is 947 g/mol. The Morgan fingerprint density at radius 2 is 0.647 bits per heavy atom. The van der Waals surface area contributed by atoms with E-state index in [2.05, 4.69) is 92.1 Å². The molecule has 0 aromatic carbocycles. The third-order valence-corrected chi connectivity index (χ3v) is 13.4. The van der Waals surface area contributed by atoms with Crippen molar-refractivity contribution in [2.75, 3.05) is 6.61 Å². The first kappa shape index (κ1) is 65.6. The van der Waals surface area contributed by atoms with Crippen molar-refractivity contribution in [3.8, 4) is 0 Å². The minimum atomic E-state index is -0.843. The topological polar surface area (TPSA) is 69.6 Å². The Kier molecular flexibility index (Phi) is 56.8. The molecule has 0 aromatic rings. The summed E-state index contributed by atoms with van der Waals surface area (Å²) < 4.78 is 0. The number of carbonyl (C=O) groups is 1. The van der Waals surface area contributed by atoms with Crippen molar-refractivity contribution in [2.24, 2.45) is 0 Å². The monoisotopic (exact) mass is 946 g/mol. The predicted molar refractivity (Wildman–Crippen MR) is 303 cm³/mol. The number of allylic oxidation sites excluding steroid dienone is 13. The van der Waals surface area contributed by atoms with E-state index in [1.54, 1.807) is 6.08 Å². The number of aliphatic hydroxyl groups is 2. The van der Waals surface area contributed by atoms with E-state index in [-0.39, 0.29) is 12.5 Å². The molecule has 3 N–H and O–H groups in total. The maximum atomic E-state index is 12.5. The number of unbranched alkanes of at least 4 members (excludes halogenated alkanes) is 35. The summed E-state index contributed by atoms with van der Waals surface area (Å²) >= 11 is 0. The molecule has 0 rings (SSSR count). The molecule has 0 spiro atoms. The molecule has 2 atom stereocenters. The third-order valence-electron chi connectivity index (χ3n) is 13.4. The van der Waals surface area contributed by atoms with Crippen LogP contribution in [0.15, 0.2) is 85.1 Å². The van der Waals surface area contributed by atoms with Gasteiger partial charge < -0.3 is 15.5 Å². The van der Waals surface area contributed by atoms with Crippen molar-refractivity contribution in [1.29, 1.82) is 0 Å². The van der Waals surface area contributed by atoms with Gasteiger partial charge >= 0.3 is 0 Å². The van der Waals surface area contributed by atoms with Crippen LogP contribution in [0, 0.1) is 0 Å². The zero-order valence-corrected chi connectivity index (χ0v) is 45.4. The van der Waals surface area contributed by atoms with E-state index in [1.165, 1.54) is 212 Å². The number of rotatable bonds is 54. The number of hydrogen-bond acceptors (Lipinski definition) is 3. The van der Waals surface area contributed by atoms with Gasteiger partial charge in [0.2, 0.25) is 5.91 Å². The highest BCUT2D eigenvalue weighted by molar-refractivity contribution is 5.76. The van der Waals surface area contributed by atoms with Crippen molar-refractivity contribution in [3.63, 3.8) is 0 Å². The van der Waals surface area contributed by atoms with Gasteiger partial charge in [-0.25, -0.2) is 0 Å². The Labute approximate surface area is 424 Å². The first-order valence-corrected chi connectivity index (χ1v) is 29.8. The van der Waals surface area contributed by atoms with E-state index >= 15 is 0 Å². The molecule has 4 nitrogen and oxygen atoms in total. The molecule has 0 aliphatic rings. The summed E-state index contributed by atoms with van der Waals surface area (Å²) in [4.78, 5) is 12.5. The van der Waals surface area contributed by atoms with Gasteiger partial charge in [0.15, 0.2) is 0 Å². The zero-order valence-electron chi connectivity index (χ0n) is 45.4. The van der Waals surface area contributed by atoms with Crippen molar-refractivity contribution < 1.29 is 15.0 Å². The number of aliphatic hydroxyl groups excluding tert-OH is 2. The van der Waals surface area contributed by atoms with Gasteiger partial charge in [-0.15, -0.1) is 0 Å². The summed E-state index contributed by atoms with van der Waals surface area (Å²) in [5.74, 6) is -0.0628. The van der Waals surface area contributed by atoms with Crippen LogP contribution in [-0.4, -0.2) is 34.9 Å². The summed E-state index contributed by atoms with van der Waals surface area (Å²) in [5.41, 5.74) is 0. The highest BCUT2D eigenvalue weighted by Gasteiger charge is 2.18. The summed E-state index contributed by atoms with van der Waals surface area (Å²) in [7, 11) is 0. The van der Waals surface area contributed by atoms with Gasteiger partial charge in [0.1, 0.15) is 0 Å². The number of amides is 1. The number of carbonyl (C=O) groups excluding carboxylic acids is 1. The van der Waals surface area contributed by atoms with Gasteiger partial charge in [-0.05, 0) is 70.6 Å². The maximum Gasteiger partial charge on any atom is 0.220 e. The second-order valence-corrected chi connectivity index (χ2v) is 20.0. The molecule has 2 unspecified atom stereocenters. The molecule has 394 valence electrons. The fraction of sp³-hybridized carbons (Fsp3) is 0.766. The van der Waals surface area contributed by atoms with Gasteiger partial charge in [0, 0.05) is 6.42 Å². The molecular weight excluding hydrogens is 831 g/mol. The van der Waals surface area contributed by atoms with Crippen LogP contribution in [0.4, 0.5) is 0 Å². The van der Waals surface area contributed by atoms with E-state index in [4.69, 9.17) is 0 Å². The highest BCUT2D eigenvalue weighted by atomic mass is 16.3. The lowest BCUT2D eigenvalue weighted by Crippen LogP contribution is -2.45. The Balaban J connectivity index is 3.50. The molecule has 1 amide bonds. The van der Waals surface area contributed by atoms with Gasteiger partial charge in [-0.3, -0.25) is 4.79 Å². The van der Waals surface area contributed by atoms with E-state index in [9.17, 15) is 15.0 Å². The van der Waals surface area contributed by atoms with Crippen LogP contribution in [0.1, 0.15) is 296 Å². The van der Waals surface area contributed by atoms with Crippen molar-refractivity contribution in [3.05, 3.63) is 85.1 Å². The molecule has 0 aliphatic heterocycles. The minimum Gasteiger partial charge on any atom is -0.394 e. The maximum absolute atomic E-state index is 12.5. The lowest BCUT2D eigenvalue weighted by molar-refractivity contribution is -0.123. The summed E-state index contributed by atoms with van der Waals surface area (Å²) in [6, 6.07) is -0.626. The molecule has 0 aliphatic carbocycles. The second kappa shape index (κ2) is 58.9. The van der Waals surface area contributed by atoms with E-state index < -0.39 is 12.1 Å². The predicted octanol–water partition coefficient (Wildman–Crippen LogP) is 19.9. The molecular formula is C64H115NO3. The van der Waals surface area contributed by atoms with Gasteiger partial charge in [-0.1, -0.05) is 304 Å². The lowest BCUT2D eigenvalue weighted by Gasteiger charge is -2.20. The molecule has 68 heavy (non-hydrogen) atoms. The van der Waals surface area contributed by atoms with E-state index in [0.29, 0.717) is 6.42 Å². The van der Waals surface area contributed by atoms with Crippen LogP contribution in [0.25, 0.3) is 0 Å². The molecule has 0 radical (unpaired) electrons. The fourth-order valence-electron chi connectivity index (χ4n) is 8.89. The summed E-state index contributed by atoms with van der Waals surface area (Å²) in [6.07, 6.45) is 86.1. The first-order valence-electron chi connectivity index (χ1n) is 29.8. The van der Waals surface area contributed by atoms with Crippen LogP contribution in [0.5, 0.6) is 0 Å². The Hall–Kier alpha value is -2.43. The third kappa shape index (κ3) is 54.5. The van der Waals surface area contributed by atoms with Gasteiger partial charge in [0.05, 0.1) is 18.8 Å². The highest BCUT2D eigenvalue weighted by Crippen LogP contribution is 2.17. The van der Waals surface area contributed by atoms with Gasteiger partial charge in [-0.2, -0.15) is 0 Å². The fourth-order valence-corrected chi connectivity index (χ4v) is 8.89. The summed E-state index contributed by atoms with van der Waals surface area (Å²) in [5, 5.41) is 23.2. The number of hydrogen-bond donors (Lipinski definition) is 3. The van der Waals surface area contributed by atoms with Gasteiger partial charge in [0.25, 0.3) is 0 Å². The average Bonchev–Trinajstić information content (AvgIpc) is 3.34. The van der Waals surface area contributed by atoms with Crippen LogP contribution in [0.3, 0.4) is 0 Å². The lowest BCUT2D eigenvalue weighted by atomic mass is 10.0. The standard InChI is InChI=1S/C64H115NO3/c1-3-5-7-9-11-13-15-17-19-21-23-25-26-27-28-29-30-31-32-33-34-35-36-37-38-40-42-44-46-48-50-52-54-56-58-60-64(68)65-62(61-66)63(67)59-57-55-53-51-49-47-45-43-41-39-24-22-20-18-16-14-12-10-8-6-4-2/h5,7,11,13,17,19,23,25,27-28,30-31,57,59,62-63,66-67H,3-4,6,8-10,12,14-16,18,20-22,24,26,29,32-56,58,60-61H2,1-2H3,(H,65,68)/b7-5-,13-11-,19-17-,25-23-,28-27-,31-30-,59-57+. The number of nitrogens with one attached hydrogen (secondary N) is 1. The van der Waals surface area contributed by atoms with Crippen molar-refractivity contribution >= 4 is 5.91 Å². The zero-order chi connectivity index (χ0) is 49.2. The Morgan fingerprint density at radius 3 is 0.971 bits per heavy atom. The quantitative estimate of drug-likeness (QED) is 0.0420. The normalized spacial score (nSPS) is 13.4. The van der Waals surface area contributed by atoms with Crippen molar-refractivity contribution in [1.82, 2.24) is 5.32 Å². The van der Waals surface area contributed by atoms with E-state index in [1.807, 2.05) is 6.08 Å². The largest absolute Gasteiger partial charge is 0.394 e. The Morgan fingerprint density at radius 1 is 0.368 bits per heavy atom. The van der Waals surface area contributed by atoms with Crippen LogP contribution >= 0.6 is 0 Å². The minimum absolute atomic E-state index is 0.0628. The second-order valence-electron chi connectivity index (χ2n) is 20.0. The molecule has 4 heteroatoms. The molecule has 0 saturated carbocycles. The molecule has 0 fully saturated rings. The smallest absolute Gasteiger partial charge is 0.220 e. The van der Waals surface area contributed by atoms with Crippen LogP contribution in [-0.2, 0) is 4.79 Å². The molecule has 0 saturated heterocycles. The molecule has 0 bridgehead atoms. The molecule has 0 aromatic heterocycles. The van der Waals surface area contributed by atoms with Crippen molar-refractivity contribution in [2.45, 2.75) is 309 Å². The Bertz CT molecular complexity index is 1210. The summed E-state index contributed by atoms with van der Waals surface area (Å²) in [6.45, 7) is 4.22. The first-order chi connectivity index (χ1) is 33.7.